The highest BCUT2D eigenvalue weighted by molar-refractivity contribution is 5.87. The maximum Gasteiger partial charge on any atom is 0.244 e. The van der Waals surface area contributed by atoms with Gasteiger partial charge < -0.3 is 10.5 Å². The van der Waals surface area contributed by atoms with E-state index in [9.17, 15) is 5.26 Å². The molecule has 1 aliphatic rings. The molecule has 5 nitrogen and oxygen atoms in total. The van der Waals surface area contributed by atoms with Crippen LogP contribution in [0.1, 0.15) is 36.1 Å². The molecule has 3 N–H and O–H groups in total. The minimum absolute atomic E-state index is 0.127. The summed E-state index contributed by atoms with van der Waals surface area (Å²) < 4.78 is 5.62. The van der Waals surface area contributed by atoms with Gasteiger partial charge in [-0.2, -0.15) is 5.26 Å². The van der Waals surface area contributed by atoms with Crippen LogP contribution in [0.2, 0.25) is 0 Å². The number of nitrogens with two attached hydrogens (primary N) is 1. The monoisotopic (exact) mass is 330 g/mol. The smallest absolute Gasteiger partial charge is 0.244 e. The molecule has 0 bridgehead atoms. The molecule has 2 heterocycles. The number of nitrogens with one attached hydrogen (secondary N) is 1. The van der Waals surface area contributed by atoms with Crippen LogP contribution in [-0.2, 0) is 6.42 Å². The number of hydrogen-bond donors (Lipinski definition) is 2. The fraction of sp³-hybridized carbons (Fsp3) is 0.200. The van der Waals surface area contributed by atoms with Crippen molar-refractivity contribution in [2.24, 2.45) is 5.73 Å². The van der Waals surface area contributed by atoms with Crippen molar-refractivity contribution < 1.29 is 4.74 Å². The largest absolute Gasteiger partial charge is 0.420 e. The summed E-state index contributed by atoms with van der Waals surface area (Å²) in [5.74, 6) is 0.320. The van der Waals surface area contributed by atoms with E-state index in [0.29, 0.717) is 11.5 Å². The zero-order valence-corrected chi connectivity index (χ0v) is 13.9. The summed E-state index contributed by atoms with van der Waals surface area (Å²) in [5.41, 5.74) is 9.43. The fourth-order valence-electron chi connectivity index (χ4n) is 3.56. The molecule has 5 heteroatoms. The topological polar surface area (TPSA) is 87.7 Å². The summed E-state index contributed by atoms with van der Waals surface area (Å²) in [6.07, 6.45) is 1.81. The van der Waals surface area contributed by atoms with Gasteiger partial charge in [-0.25, -0.2) is 0 Å². The lowest BCUT2D eigenvalue weighted by molar-refractivity contribution is 0.379. The molecule has 1 aliphatic heterocycles. The maximum absolute atomic E-state index is 9.75. The van der Waals surface area contributed by atoms with Crippen LogP contribution in [0.3, 0.4) is 0 Å². The number of ether oxygens (including phenoxy) is 1. The number of H-pyrrole nitrogens is 1. The molecule has 25 heavy (non-hydrogen) atoms. The molecule has 1 aromatic heterocycles. The van der Waals surface area contributed by atoms with E-state index < -0.39 is 0 Å². The maximum atomic E-state index is 9.75. The number of aromatic amines is 1. The first-order chi connectivity index (χ1) is 12.2. The first-order valence-corrected chi connectivity index (χ1v) is 8.37. The lowest BCUT2D eigenvalue weighted by Gasteiger charge is -2.25. The van der Waals surface area contributed by atoms with Crippen LogP contribution in [0, 0.1) is 11.3 Å². The molecule has 0 saturated heterocycles. The molecule has 3 aromatic rings. The average Bonchev–Trinajstić information content (AvgIpc) is 3.03. The summed E-state index contributed by atoms with van der Waals surface area (Å²) in [4.78, 5) is 0. The molecule has 1 atom stereocenters. The Bertz CT molecular complexity index is 1020. The average molecular weight is 330 g/mol. The van der Waals surface area contributed by atoms with Crippen molar-refractivity contribution in [2.45, 2.75) is 25.7 Å². The second kappa shape index (κ2) is 5.99. The molecule has 0 amide bonds. The van der Waals surface area contributed by atoms with Crippen LogP contribution in [-0.4, -0.2) is 10.2 Å². The summed E-state index contributed by atoms with van der Waals surface area (Å²) in [6.45, 7) is 2.11. The van der Waals surface area contributed by atoms with E-state index in [4.69, 9.17) is 10.5 Å². The SMILES string of the molecule is CCCc1[nH]nc2c1[C@@H](c1cccc3ccccc13)C(C#N)=C(N)O2. The number of allylic oxidation sites excluding steroid dienone is 1. The lowest BCUT2D eigenvalue weighted by Crippen LogP contribution is -2.21. The summed E-state index contributed by atoms with van der Waals surface area (Å²) in [7, 11) is 0. The summed E-state index contributed by atoms with van der Waals surface area (Å²) in [6, 6.07) is 16.5. The van der Waals surface area contributed by atoms with Gasteiger partial charge in [-0.1, -0.05) is 55.8 Å². The van der Waals surface area contributed by atoms with Gasteiger partial charge in [0, 0.05) is 11.3 Å². The predicted molar refractivity (Wildman–Crippen MR) is 95.8 cm³/mol. The van der Waals surface area contributed by atoms with Gasteiger partial charge in [-0.15, -0.1) is 5.10 Å². The zero-order chi connectivity index (χ0) is 17.4. The second-order valence-electron chi connectivity index (χ2n) is 6.16. The number of benzene rings is 2. The molecule has 0 unspecified atom stereocenters. The van der Waals surface area contributed by atoms with Crippen LogP contribution < -0.4 is 10.5 Å². The van der Waals surface area contributed by atoms with E-state index in [1.807, 2.05) is 18.2 Å². The molecule has 0 aliphatic carbocycles. The van der Waals surface area contributed by atoms with Crippen LogP contribution in [0.25, 0.3) is 10.8 Å². The van der Waals surface area contributed by atoms with E-state index >= 15 is 0 Å². The highest BCUT2D eigenvalue weighted by Gasteiger charge is 2.35. The number of fused-ring (bicyclic) bond motifs is 2. The molecule has 0 radical (unpaired) electrons. The number of hydrogen-bond acceptors (Lipinski definition) is 4. The van der Waals surface area contributed by atoms with Crippen LogP contribution in [0.4, 0.5) is 0 Å². The molecule has 0 saturated carbocycles. The Hall–Kier alpha value is -3.26. The van der Waals surface area contributed by atoms with E-state index in [1.54, 1.807) is 0 Å². The third-order valence-corrected chi connectivity index (χ3v) is 4.65. The van der Waals surface area contributed by atoms with Crippen molar-refractivity contribution in [3.63, 3.8) is 0 Å². The van der Waals surface area contributed by atoms with Crippen molar-refractivity contribution in [3.05, 3.63) is 70.7 Å². The summed E-state index contributed by atoms with van der Waals surface area (Å²) >= 11 is 0. The highest BCUT2D eigenvalue weighted by Crippen LogP contribution is 2.44. The molecule has 0 spiro atoms. The molecular formula is C20H18N4O. The predicted octanol–water partition coefficient (Wildman–Crippen LogP) is 3.73. The minimum Gasteiger partial charge on any atom is -0.420 e. The minimum atomic E-state index is -0.278. The van der Waals surface area contributed by atoms with Gasteiger partial charge in [0.25, 0.3) is 0 Å². The first kappa shape index (κ1) is 15.3. The van der Waals surface area contributed by atoms with Crippen LogP contribution >= 0.6 is 0 Å². The molecule has 0 fully saturated rings. The van der Waals surface area contributed by atoms with Gasteiger partial charge in [0.05, 0.1) is 5.92 Å². The van der Waals surface area contributed by atoms with Gasteiger partial charge >= 0.3 is 0 Å². The van der Waals surface area contributed by atoms with Crippen molar-refractivity contribution in [2.75, 3.05) is 0 Å². The van der Waals surface area contributed by atoms with Crippen molar-refractivity contribution in [1.29, 1.82) is 5.26 Å². The summed E-state index contributed by atoms with van der Waals surface area (Å²) in [5, 5.41) is 19.3. The highest BCUT2D eigenvalue weighted by atomic mass is 16.5. The Morgan fingerprint density at radius 1 is 1.24 bits per heavy atom. The number of nitrogens with zero attached hydrogens (tertiary/aromatic N) is 2. The molecule has 4 rings (SSSR count). The van der Waals surface area contributed by atoms with Crippen molar-refractivity contribution in [3.8, 4) is 11.9 Å². The van der Waals surface area contributed by atoms with E-state index in [0.717, 1.165) is 40.4 Å². The Kier molecular flexibility index (Phi) is 3.66. The van der Waals surface area contributed by atoms with Gasteiger partial charge in [-0.05, 0) is 22.8 Å². The third kappa shape index (κ3) is 2.34. The molecular weight excluding hydrogens is 312 g/mol. The number of aryl methyl sites for hydroxylation is 1. The molecule has 124 valence electrons. The first-order valence-electron chi connectivity index (χ1n) is 8.37. The zero-order valence-electron chi connectivity index (χ0n) is 13.9. The van der Waals surface area contributed by atoms with Gasteiger partial charge in [-0.3, -0.25) is 5.10 Å². The number of nitriles is 1. The molecule has 2 aromatic carbocycles. The van der Waals surface area contributed by atoms with Gasteiger partial charge in [0.1, 0.15) is 11.6 Å². The normalized spacial score (nSPS) is 16.4. The Morgan fingerprint density at radius 2 is 2.04 bits per heavy atom. The lowest BCUT2D eigenvalue weighted by atomic mass is 9.81. The Balaban J connectivity index is 2.02. The fourth-order valence-corrected chi connectivity index (χ4v) is 3.56. The number of rotatable bonds is 3. The third-order valence-electron chi connectivity index (χ3n) is 4.65. The Labute approximate surface area is 145 Å². The van der Waals surface area contributed by atoms with E-state index in [1.165, 1.54) is 0 Å². The van der Waals surface area contributed by atoms with Crippen molar-refractivity contribution in [1.82, 2.24) is 10.2 Å². The van der Waals surface area contributed by atoms with Gasteiger partial charge in [0.2, 0.25) is 11.8 Å². The van der Waals surface area contributed by atoms with Crippen LogP contribution in [0.5, 0.6) is 5.88 Å². The van der Waals surface area contributed by atoms with E-state index in [-0.39, 0.29) is 11.8 Å². The Morgan fingerprint density at radius 3 is 2.84 bits per heavy atom. The standard InChI is InChI=1S/C20H18N4O/c1-2-6-16-18-17(15(11-21)19(22)25-20(18)24-23-16)14-10-5-8-12-7-3-4-9-13(12)14/h3-5,7-10,17H,2,6,22H2,1H3,(H,23,24)/t17-/m0/s1. The van der Waals surface area contributed by atoms with Crippen molar-refractivity contribution >= 4 is 10.8 Å². The van der Waals surface area contributed by atoms with E-state index in [2.05, 4.69) is 47.5 Å². The number of aromatic nitrogens is 2. The van der Waals surface area contributed by atoms with Gasteiger partial charge in [0.15, 0.2) is 0 Å². The quantitative estimate of drug-likeness (QED) is 0.766. The van der Waals surface area contributed by atoms with Crippen LogP contribution in [0.15, 0.2) is 53.9 Å². The second-order valence-corrected chi connectivity index (χ2v) is 6.16.